The molecule has 0 heterocycles. The van der Waals surface area contributed by atoms with Crippen LogP contribution in [-0.2, 0) is 0 Å². The Balaban J connectivity index is 2.25. The van der Waals surface area contributed by atoms with E-state index >= 15 is 0 Å². The molecule has 0 aliphatic carbocycles. The van der Waals surface area contributed by atoms with Gasteiger partial charge in [-0.2, -0.15) is 0 Å². The highest BCUT2D eigenvalue weighted by molar-refractivity contribution is 6.32. The van der Waals surface area contributed by atoms with Gasteiger partial charge in [-0.05, 0) is 36.4 Å². The Morgan fingerprint density at radius 1 is 1.13 bits per heavy atom. The van der Waals surface area contributed by atoms with Gasteiger partial charge in [0.15, 0.2) is 0 Å². The van der Waals surface area contributed by atoms with E-state index in [-0.39, 0.29) is 10.8 Å². The molecule has 0 aliphatic rings. The largest absolute Gasteiger partial charge is 0.456 e. The van der Waals surface area contributed by atoms with E-state index in [2.05, 4.69) is 6.07 Å². The second-order valence-electron chi connectivity index (χ2n) is 2.91. The normalized spacial score (nSPS) is 10.0. The molecule has 3 heteroatoms. The van der Waals surface area contributed by atoms with E-state index in [1.165, 1.54) is 18.2 Å². The molecule has 0 amide bonds. The maximum absolute atomic E-state index is 12.7. The van der Waals surface area contributed by atoms with Gasteiger partial charge in [-0.25, -0.2) is 4.39 Å². The molecular formula is C12H7ClFO. The van der Waals surface area contributed by atoms with Crippen molar-refractivity contribution in [1.29, 1.82) is 0 Å². The Kier molecular flexibility index (Phi) is 2.88. The molecule has 0 aromatic heterocycles. The highest BCUT2D eigenvalue weighted by atomic mass is 35.5. The Morgan fingerprint density at radius 2 is 1.87 bits per heavy atom. The van der Waals surface area contributed by atoms with Crippen LogP contribution in [0.15, 0.2) is 42.5 Å². The highest BCUT2D eigenvalue weighted by Crippen LogP contribution is 2.29. The van der Waals surface area contributed by atoms with Crippen LogP contribution in [0, 0.1) is 11.9 Å². The van der Waals surface area contributed by atoms with Gasteiger partial charge in [0.05, 0.1) is 5.02 Å². The molecule has 1 nitrogen and oxygen atoms in total. The van der Waals surface area contributed by atoms with Crippen molar-refractivity contribution in [3.05, 3.63) is 59.4 Å². The topological polar surface area (TPSA) is 9.23 Å². The summed E-state index contributed by atoms with van der Waals surface area (Å²) in [6, 6.07) is 13.8. The average molecular weight is 222 g/mol. The van der Waals surface area contributed by atoms with Gasteiger partial charge < -0.3 is 4.74 Å². The van der Waals surface area contributed by atoms with E-state index in [1.54, 1.807) is 24.3 Å². The first-order chi connectivity index (χ1) is 7.25. The first-order valence-corrected chi connectivity index (χ1v) is 4.72. The predicted octanol–water partition coefficient (Wildman–Crippen LogP) is 4.07. The number of benzene rings is 2. The van der Waals surface area contributed by atoms with E-state index in [1.807, 2.05) is 0 Å². The van der Waals surface area contributed by atoms with Crippen molar-refractivity contribution in [1.82, 2.24) is 0 Å². The highest BCUT2D eigenvalue weighted by Gasteiger charge is 2.03. The standard InChI is InChI=1S/C12H7ClFO/c13-11-8-9(14)6-7-12(11)15-10-4-2-1-3-5-10/h2-8H. The second-order valence-corrected chi connectivity index (χ2v) is 3.32. The first kappa shape index (κ1) is 9.99. The summed E-state index contributed by atoms with van der Waals surface area (Å²) in [6.45, 7) is 0. The molecule has 0 unspecified atom stereocenters. The van der Waals surface area contributed by atoms with E-state index in [0.29, 0.717) is 11.5 Å². The lowest BCUT2D eigenvalue weighted by Crippen LogP contribution is -1.85. The summed E-state index contributed by atoms with van der Waals surface area (Å²) in [5, 5.41) is 0.253. The van der Waals surface area contributed by atoms with Crippen molar-refractivity contribution >= 4 is 11.6 Å². The van der Waals surface area contributed by atoms with Crippen LogP contribution in [0.25, 0.3) is 0 Å². The van der Waals surface area contributed by atoms with E-state index in [4.69, 9.17) is 16.3 Å². The first-order valence-electron chi connectivity index (χ1n) is 4.35. The Bertz CT molecular complexity index is 456. The van der Waals surface area contributed by atoms with Gasteiger partial charge in [0, 0.05) is 0 Å². The fourth-order valence-corrected chi connectivity index (χ4v) is 1.33. The molecule has 1 radical (unpaired) electrons. The van der Waals surface area contributed by atoms with E-state index < -0.39 is 0 Å². The number of ether oxygens (including phenoxy) is 1. The van der Waals surface area contributed by atoms with Gasteiger partial charge in [0.1, 0.15) is 17.3 Å². The molecule has 75 valence electrons. The molecule has 0 aliphatic heterocycles. The number of rotatable bonds is 2. The van der Waals surface area contributed by atoms with Crippen molar-refractivity contribution in [3.8, 4) is 11.5 Å². The number of hydrogen-bond donors (Lipinski definition) is 0. The maximum atomic E-state index is 12.7. The Morgan fingerprint density at radius 3 is 2.53 bits per heavy atom. The molecule has 2 rings (SSSR count). The molecule has 2 aromatic rings. The van der Waals surface area contributed by atoms with E-state index in [9.17, 15) is 4.39 Å². The third-order valence-corrected chi connectivity index (χ3v) is 2.10. The lowest BCUT2D eigenvalue weighted by Gasteiger charge is -2.06. The minimum Gasteiger partial charge on any atom is -0.456 e. The summed E-state index contributed by atoms with van der Waals surface area (Å²) < 4.78 is 18.2. The van der Waals surface area contributed by atoms with Crippen LogP contribution in [0.5, 0.6) is 11.5 Å². The molecule has 0 saturated heterocycles. The van der Waals surface area contributed by atoms with Crippen LogP contribution in [-0.4, -0.2) is 0 Å². The van der Waals surface area contributed by atoms with Crippen molar-refractivity contribution < 1.29 is 9.13 Å². The van der Waals surface area contributed by atoms with Crippen LogP contribution in [0.3, 0.4) is 0 Å². The molecule has 0 saturated carbocycles. The molecule has 0 fully saturated rings. The summed E-state index contributed by atoms with van der Waals surface area (Å²) >= 11 is 5.81. The Hall–Kier alpha value is -1.54. The van der Waals surface area contributed by atoms with Crippen molar-refractivity contribution in [2.75, 3.05) is 0 Å². The van der Waals surface area contributed by atoms with Crippen LogP contribution in [0.1, 0.15) is 0 Å². The van der Waals surface area contributed by atoms with Crippen LogP contribution < -0.4 is 4.74 Å². The molecule has 0 spiro atoms. The lowest BCUT2D eigenvalue weighted by atomic mass is 10.3. The Labute approximate surface area is 92.1 Å². The smallest absolute Gasteiger partial charge is 0.146 e. The van der Waals surface area contributed by atoms with E-state index in [0.717, 1.165) is 0 Å². The quantitative estimate of drug-likeness (QED) is 0.743. The minimum atomic E-state index is -0.381. The summed E-state index contributed by atoms with van der Waals surface area (Å²) in [7, 11) is 0. The molecule has 0 atom stereocenters. The van der Waals surface area contributed by atoms with Gasteiger partial charge in [0.2, 0.25) is 0 Å². The summed E-state index contributed by atoms with van der Waals surface area (Å²) in [4.78, 5) is 0. The molecule has 15 heavy (non-hydrogen) atoms. The fraction of sp³-hybridized carbons (Fsp3) is 0. The summed E-state index contributed by atoms with van der Waals surface area (Å²) in [6.07, 6.45) is 0. The summed E-state index contributed by atoms with van der Waals surface area (Å²) in [5.74, 6) is 0.695. The van der Waals surface area contributed by atoms with Crippen LogP contribution >= 0.6 is 11.6 Å². The van der Waals surface area contributed by atoms with Crippen LogP contribution in [0.2, 0.25) is 5.02 Å². The molecule has 0 N–H and O–H groups in total. The number of hydrogen-bond acceptors (Lipinski definition) is 1. The minimum absolute atomic E-state index is 0.253. The maximum Gasteiger partial charge on any atom is 0.146 e. The third kappa shape index (κ3) is 2.48. The average Bonchev–Trinajstić information content (AvgIpc) is 2.24. The van der Waals surface area contributed by atoms with Gasteiger partial charge >= 0.3 is 0 Å². The van der Waals surface area contributed by atoms with Crippen LogP contribution in [0.4, 0.5) is 4.39 Å². The van der Waals surface area contributed by atoms with Crippen molar-refractivity contribution in [3.63, 3.8) is 0 Å². The molecule has 0 bridgehead atoms. The van der Waals surface area contributed by atoms with Gasteiger partial charge in [-0.1, -0.05) is 23.7 Å². The number of halogens is 2. The second kappa shape index (κ2) is 4.32. The predicted molar refractivity (Wildman–Crippen MR) is 56.8 cm³/mol. The van der Waals surface area contributed by atoms with Crippen molar-refractivity contribution in [2.45, 2.75) is 0 Å². The van der Waals surface area contributed by atoms with Gasteiger partial charge in [-0.15, -0.1) is 0 Å². The zero-order valence-corrected chi connectivity index (χ0v) is 8.46. The fourth-order valence-electron chi connectivity index (χ4n) is 1.12. The summed E-state index contributed by atoms with van der Waals surface area (Å²) in [5.41, 5.74) is 0. The molecular weight excluding hydrogens is 215 g/mol. The van der Waals surface area contributed by atoms with Gasteiger partial charge in [-0.3, -0.25) is 0 Å². The monoisotopic (exact) mass is 221 g/mol. The zero-order chi connectivity index (χ0) is 10.7. The molecule has 2 aromatic carbocycles. The van der Waals surface area contributed by atoms with Gasteiger partial charge in [0.25, 0.3) is 0 Å². The zero-order valence-electron chi connectivity index (χ0n) is 7.71. The lowest BCUT2D eigenvalue weighted by molar-refractivity contribution is 0.481. The third-order valence-electron chi connectivity index (χ3n) is 1.81. The SMILES string of the molecule is Fc1ccc(Oc2cc[c]cc2)c(Cl)c1. The van der Waals surface area contributed by atoms with Crippen molar-refractivity contribution in [2.24, 2.45) is 0 Å².